The number of carboxylic acid groups (broad SMARTS) is 2. The summed E-state index contributed by atoms with van der Waals surface area (Å²) < 4.78 is 0. The molecule has 0 fully saturated rings. The van der Waals surface area contributed by atoms with Gasteiger partial charge >= 0.3 is 59.1 Å². The Labute approximate surface area is 159 Å². The Morgan fingerprint density at radius 1 is 0.714 bits per heavy atom. The second-order valence-corrected chi connectivity index (χ2v) is 2.73. The average molecular weight is 319 g/mol. The molecule has 1 rings (SSSR count). The van der Waals surface area contributed by atoms with E-state index in [0.29, 0.717) is 18.2 Å². The molecule has 1 aromatic carbocycles. The summed E-state index contributed by atoms with van der Waals surface area (Å²) in [5, 5.41) is 47.6. The first kappa shape index (κ1) is 24.7. The number of benzene rings is 1. The van der Waals surface area contributed by atoms with E-state index in [9.17, 15) is 30.3 Å². The molecular formula is C7H3N3Na2O9. The zero-order valence-corrected chi connectivity index (χ0v) is 14.7. The summed E-state index contributed by atoms with van der Waals surface area (Å²) in [6, 6.07) is 1.98. The van der Waals surface area contributed by atoms with Gasteiger partial charge in [0.1, 0.15) is 0 Å². The molecular weight excluding hydrogens is 316 g/mol. The first-order valence-corrected chi connectivity index (χ1v) is 4.11. The van der Waals surface area contributed by atoms with E-state index in [4.69, 9.17) is 15.0 Å². The molecule has 0 amide bonds. The van der Waals surface area contributed by atoms with Gasteiger partial charge in [0.2, 0.25) is 0 Å². The predicted octanol–water partition coefficient (Wildman–Crippen LogP) is -7.03. The maximum atomic E-state index is 10.3. The summed E-state index contributed by atoms with van der Waals surface area (Å²) in [7, 11) is 0. The van der Waals surface area contributed by atoms with Crippen molar-refractivity contribution in [2.45, 2.75) is 0 Å². The van der Waals surface area contributed by atoms with Gasteiger partial charge in [-0.05, 0) is 6.16 Å². The van der Waals surface area contributed by atoms with Gasteiger partial charge in [0.25, 0.3) is 17.1 Å². The summed E-state index contributed by atoms with van der Waals surface area (Å²) >= 11 is 0. The van der Waals surface area contributed by atoms with Gasteiger partial charge in [-0.3, -0.25) is 30.3 Å². The fraction of sp³-hybridized carbons (Fsp3) is 0. The first-order chi connectivity index (χ1) is 8.65. The molecule has 0 atom stereocenters. The molecule has 0 aromatic heterocycles. The zero-order valence-electron chi connectivity index (χ0n) is 10.7. The summed E-state index contributed by atoms with van der Waals surface area (Å²) in [5.41, 5.74) is -2.05. The van der Waals surface area contributed by atoms with Crippen LogP contribution in [-0.4, -0.2) is 20.9 Å². The molecule has 0 aliphatic carbocycles. The number of carbonyl (C=O) groups excluding carboxylic acids is 1. The van der Waals surface area contributed by atoms with Gasteiger partial charge in [-0.15, -0.1) is 0 Å². The third-order valence-electron chi connectivity index (χ3n) is 1.52. The van der Waals surface area contributed by atoms with Gasteiger partial charge in [0.05, 0.1) is 33.0 Å². The number of non-ortho nitro benzene ring substituents is 3. The van der Waals surface area contributed by atoms with Crippen LogP contribution < -0.4 is 69.3 Å². The number of rotatable bonds is 3. The minimum atomic E-state index is -2.33. The monoisotopic (exact) mass is 319 g/mol. The van der Waals surface area contributed by atoms with Crippen molar-refractivity contribution < 1.29 is 88.9 Å². The Hall–Kier alpha value is -1.31. The van der Waals surface area contributed by atoms with E-state index < -0.39 is 38.0 Å². The maximum absolute atomic E-state index is 10.3. The van der Waals surface area contributed by atoms with Crippen LogP contribution in [0.1, 0.15) is 0 Å². The summed E-state index contributed by atoms with van der Waals surface area (Å²) in [6.45, 7) is 0. The molecule has 0 saturated carbocycles. The number of carbonyl (C=O) groups is 1. The Morgan fingerprint density at radius 3 is 0.952 bits per heavy atom. The van der Waals surface area contributed by atoms with Crippen molar-refractivity contribution in [2.24, 2.45) is 0 Å². The molecule has 14 heteroatoms. The molecule has 0 bridgehead atoms. The Morgan fingerprint density at radius 2 is 0.857 bits per heavy atom. The van der Waals surface area contributed by atoms with Gasteiger partial charge in [0.15, 0.2) is 0 Å². The van der Waals surface area contributed by atoms with E-state index in [1.165, 1.54) is 0 Å². The molecule has 0 aliphatic rings. The molecule has 0 heterocycles. The van der Waals surface area contributed by atoms with Crippen LogP contribution in [0.3, 0.4) is 0 Å². The number of nitro benzene ring substituents is 3. The van der Waals surface area contributed by atoms with Crippen molar-refractivity contribution >= 4 is 23.2 Å². The first-order valence-electron chi connectivity index (χ1n) is 4.11. The molecule has 0 N–H and O–H groups in total. The second-order valence-electron chi connectivity index (χ2n) is 2.73. The number of nitrogens with zero attached hydrogens (tertiary/aromatic N) is 3. The van der Waals surface area contributed by atoms with Gasteiger partial charge in [-0.1, -0.05) is 0 Å². The van der Waals surface area contributed by atoms with E-state index >= 15 is 0 Å². The van der Waals surface area contributed by atoms with Crippen LogP contribution in [0.2, 0.25) is 0 Å². The van der Waals surface area contributed by atoms with Crippen LogP contribution in [0.5, 0.6) is 0 Å². The summed E-state index contributed by atoms with van der Waals surface area (Å²) in [4.78, 5) is 36.5. The Bertz CT molecular complexity index is 467. The van der Waals surface area contributed by atoms with Gasteiger partial charge in [-0.2, -0.15) is 0 Å². The van der Waals surface area contributed by atoms with Crippen LogP contribution in [0.4, 0.5) is 21.9 Å². The third-order valence-corrected chi connectivity index (χ3v) is 1.52. The summed E-state index contributed by atoms with van der Waals surface area (Å²) in [5.74, 6) is 0. The third kappa shape index (κ3) is 10.1. The fourth-order valence-corrected chi connectivity index (χ4v) is 0.896. The van der Waals surface area contributed by atoms with Crippen molar-refractivity contribution in [3.63, 3.8) is 0 Å². The minimum Gasteiger partial charge on any atom is -0.652 e. The average Bonchev–Trinajstić information content (AvgIpc) is 2.27. The van der Waals surface area contributed by atoms with E-state index in [1.54, 1.807) is 0 Å². The molecule has 12 nitrogen and oxygen atoms in total. The molecule has 0 unspecified atom stereocenters. The number of hydrogen-bond acceptors (Lipinski definition) is 9. The molecule has 0 saturated heterocycles. The van der Waals surface area contributed by atoms with E-state index in [-0.39, 0.29) is 59.1 Å². The van der Waals surface area contributed by atoms with Crippen molar-refractivity contribution in [2.75, 3.05) is 0 Å². The van der Waals surface area contributed by atoms with Crippen LogP contribution in [0, 0.1) is 30.3 Å². The van der Waals surface area contributed by atoms with Crippen molar-refractivity contribution in [3.8, 4) is 0 Å². The van der Waals surface area contributed by atoms with Crippen molar-refractivity contribution in [1.29, 1.82) is 0 Å². The molecule has 102 valence electrons. The zero-order chi connectivity index (χ0) is 15.2. The standard InChI is InChI=1S/C6H3N3O6.CH2O3.2Na/c10-7(11)4-1-5(8(12)13)3-6(2-4)9(14)15;2-1(3)4;;/h1-3H;(H2,2,3,4);;/q;;2*+1/p-2. The van der Waals surface area contributed by atoms with E-state index in [1.807, 2.05) is 0 Å². The van der Waals surface area contributed by atoms with Crippen molar-refractivity contribution in [3.05, 3.63) is 48.5 Å². The summed E-state index contributed by atoms with van der Waals surface area (Å²) in [6.07, 6.45) is -2.33. The number of nitro groups is 3. The van der Waals surface area contributed by atoms with Gasteiger partial charge < -0.3 is 15.0 Å². The van der Waals surface area contributed by atoms with Gasteiger partial charge in [0, 0.05) is 0 Å². The molecule has 0 radical (unpaired) electrons. The van der Waals surface area contributed by atoms with E-state index in [2.05, 4.69) is 0 Å². The number of hydrogen-bond donors (Lipinski definition) is 0. The van der Waals surface area contributed by atoms with Crippen LogP contribution in [-0.2, 0) is 0 Å². The van der Waals surface area contributed by atoms with E-state index in [0.717, 1.165) is 0 Å². The van der Waals surface area contributed by atoms with Gasteiger partial charge in [-0.25, -0.2) is 0 Å². The minimum absolute atomic E-state index is 0. The molecule has 1 aromatic rings. The second kappa shape index (κ2) is 11.4. The Balaban J connectivity index is -0.000000482. The van der Waals surface area contributed by atoms with Crippen LogP contribution in [0.15, 0.2) is 18.2 Å². The SMILES string of the molecule is O=C([O-])[O-].O=[N+]([O-])c1cc([N+](=O)[O-])cc([N+](=O)[O-])c1.[Na+].[Na+]. The quantitative estimate of drug-likeness (QED) is 0.295. The smallest absolute Gasteiger partial charge is 0.652 e. The largest absolute Gasteiger partial charge is 1.00 e. The normalized spacial score (nSPS) is 8.00. The fourth-order valence-electron chi connectivity index (χ4n) is 0.896. The van der Waals surface area contributed by atoms with Crippen LogP contribution in [0.25, 0.3) is 0 Å². The molecule has 0 spiro atoms. The molecule has 21 heavy (non-hydrogen) atoms. The molecule has 0 aliphatic heterocycles. The van der Waals surface area contributed by atoms with Crippen LogP contribution >= 0.6 is 0 Å². The Kier molecular flexibility index (Phi) is 13.4. The maximum Gasteiger partial charge on any atom is 1.00 e. The van der Waals surface area contributed by atoms with Crippen molar-refractivity contribution in [1.82, 2.24) is 0 Å². The topological polar surface area (TPSA) is 193 Å². The predicted molar refractivity (Wildman–Crippen MR) is 51.8 cm³/mol.